The molecule has 0 aromatic rings. The quantitative estimate of drug-likeness (QED) is 0.650. The van der Waals surface area contributed by atoms with Gasteiger partial charge in [0.15, 0.2) is 0 Å². The molecule has 2 amide bonds. The van der Waals surface area contributed by atoms with E-state index in [1.165, 1.54) is 13.5 Å². The molecule has 57 valence electrons. The maximum atomic E-state index is 9.37. The van der Waals surface area contributed by atoms with Gasteiger partial charge in [0.05, 0.1) is 0 Å². The standard InChI is InChI=1S/C3H6N.C2H6N2O.Y/c1-2-4-3-1;1-4-2(3)5;/h1-3H2;1H3,(H3,3,4,5);/q-1;;/p-1. The van der Waals surface area contributed by atoms with E-state index in [4.69, 9.17) is 5.73 Å². The zero-order valence-electron chi connectivity index (χ0n) is 6.05. The first-order valence-electron chi connectivity index (χ1n) is 2.84. The van der Waals surface area contributed by atoms with Crippen LogP contribution in [0.1, 0.15) is 6.42 Å². The molecule has 10 heavy (non-hydrogen) atoms. The van der Waals surface area contributed by atoms with Crippen LogP contribution in [0.5, 0.6) is 0 Å². The van der Waals surface area contributed by atoms with Gasteiger partial charge >= 0.3 is 0 Å². The summed E-state index contributed by atoms with van der Waals surface area (Å²) in [7, 11) is 1.41. The number of rotatable bonds is 0. The molecule has 1 aliphatic rings. The minimum absolute atomic E-state index is 0. The number of nitrogens with zero attached hydrogens (tertiary/aromatic N) is 1. The molecule has 1 rings (SSSR count). The van der Waals surface area contributed by atoms with Crippen LogP contribution in [0.3, 0.4) is 0 Å². The molecule has 1 saturated heterocycles. The van der Waals surface area contributed by atoms with Crippen molar-refractivity contribution in [2.45, 2.75) is 6.42 Å². The maximum Gasteiger partial charge on any atom is 0.149 e. The van der Waals surface area contributed by atoms with Crippen LogP contribution in [0.2, 0.25) is 0 Å². The normalized spacial score (nSPS) is 12.9. The molecule has 0 aromatic carbocycles. The van der Waals surface area contributed by atoms with Gasteiger partial charge < -0.3 is 16.4 Å². The van der Waals surface area contributed by atoms with Crippen molar-refractivity contribution in [2.24, 2.45) is 0 Å². The number of urea groups is 1. The predicted octanol–water partition coefficient (Wildman–Crippen LogP) is 1.14. The first-order valence-corrected chi connectivity index (χ1v) is 2.84. The third kappa shape index (κ3) is 11.2. The van der Waals surface area contributed by atoms with Gasteiger partial charge in [-0.05, 0) is 0 Å². The third-order valence-electron chi connectivity index (χ3n) is 0.860. The summed E-state index contributed by atoms with van der Waals surface area (Å²) in [6.07, 6.45) is 1.33. The summed E-state index contributed by atoms with van der Waals surface area (Å²) in [6, 6.07) is -0.745. The van der Waals surface area contributed by atoms with Crippen molar-refractivity contribution in [2.75, 3.05) is 20.1 Å². The van der Waals surface area contributed by atoms with E-state index in [9.17, 15) is 4.79 Å². The average Bonchev–Trinajstić information content (AvgIpc) is 1.61. The monoisotopic (exact) mass is 218 g/mol. The van der Waals surface area contributed by atoms with Gasteiger partial charge in [-0.2, -0.15) is 13.1 Å². The zero-order valence-corrected chi connectivity index (χ0v) is 8.89. The van der Waals surface area contributed by atoms with Gasteiger partial charge in [-0.25, -0.2) is 0 Å². The Balaban J connectivity index is 0. The van der Waals surface area contributed by atoms with Crippen LogP contribution in [0, 0.1) is 0 Å². The topological polar surface area (TPSA) is 67.0 Å². The molecule has 4 nitrogen and oxygen atoms in total. The number of amides is 2. The van der Waals surface area contributed by atoms with Crippen LogP contribution < -0.4 is 5.32 Å². The molecule has 0 atom stereocenters. The Labute approximate surface area is 86.2 Å². The van der Waals surface area contributed by atoms with Gasteiger partial charge in [-0.15, -0.1) is 0 Å². The molecule has 0 saturated carbocycles. The Hall–Kier alpha value is 0.334. The summed E-state index contributed by atoms with van der Waals surface area (Å²) in [4.78, 5) is 9.37. The summed E-state index contributed by atoms with van der Waals surface area (Å²) in [5.41, 5.74) is 6.08. The molecule has 1 aliphatic heterocycles. The predicted molar refractivity (Wildman–Crippen MR) is 36.5 cm³/mol. The largest absolute Gasteiger partial charge is 0.662 e. The summed E-state index contributed by atoms with van der Waals surface area (Å²) in [5, 5.41) is 5.97. The summed E-state index contributed by atoms with van der Waals surface area (Å²) in [6.45, 7) is 2.25. The van der Waals surface area contributed by atoms with E-state index in [-0.39, 0.29) is 32.7 Å². The summed E-state index contributed by atoms with van der Waals surface area (Å²) < 4.78 is 0. The van der Waals surface area contributed by atoms with Gasteiger partial charge in [0.2, 0.25) is 0 Å². The minimum Gasteiger partial charge on any atom is -0.662 e. The van der Waals surface area contributed by atoms with Gasteiger partial charge in [-0.1, -0.05) is 13.5 Å². The Morgan fingerprint density at radius 3 is 1.80 bits per heavy atom. The van der Waals surface area contributed by atoms with Crippen LogP contribution in [-0.2, 0) is 32.7 Å². The molecule has 1 heterocycles. The molecule has 0 aliphatic carbocycles. The average molecular weight is 218 g/mol. The number of carbonyl (C=O) groups is 1. The van der Waals surface area contributed by atoms with E-state index in [1.807, 2.05) is 0 Å². The van der Waals surface area contributed by atoms with Crippen molar-refractivity contribution < 1.29 is 37.5 Å². The molecule has 5 heteroatoms. The van der Waals surface area contributed by atoms with Gasteiger partial charge in [0.25, 0.3) is 0 Å². The second-order valence-corrected chi connectivity index (χ2v) is 1.60. The number of carbonyl (C=O) groups excluding carboxylic acids is 1. The number of nitrogens with one attached hydrogen (secondary N) is 2. The van der Waals surface area contributed by atoms with E-state index in [0.717, 1.165) is 13.1 Å². The maximum absolute atomic E-state index is 9.37. The molecular weight excluding hydrogens is 207 g/mol. The van der Waals surface area contributed by atoms with Crippen LogP contribution in [-0.4, -0.2) is 26.2 Å². The fraction of sp³-hybridized carbons (Fsp3) is 0.800. The fourth-order valence-corrected chi connectivity index (χ4v) is 0.158. The van der Waals surface area contributed by atoms with E-state index in [1.54, 1.807) is 0 Å². The third-order valence-corrected chi connectivity index (χ3v) is 0.860. The second kappa shape index (κ2) is 9.33. The minimum atomic E-state index is -0.745. The number of hydrogen-bond acceptors (Lipinski definition) is 1. The Morgan fingerprint density at radius 2 is 1.80 bits per heavy atom. The Morgan fingerprint density at radius 1 is 1.60 bits per heavy atom. The summed E-state index contributed by atoms with van der Waals surface area (Å²) >= 11 is 0. The van der Waals surface area contributed by atoms with Crippen molar-refractivity contribution in [1.82, 2.24) is 5.32 Å². The van der Waals surface area contributed by atoms with E-state index in [2.05, 4.69) is 10.6 Å². The first-order chi connectivity index (χ1) is 4.27. The van der Waals surface area contributed by atoms with E-state index in [0.29, 0.717) is 0 Å². The zero-order chi connectivity index (χ0) is 7.11. The number of hydrogen-bond donors (Lipinski definition) is 1. The molecule has 0 unspecified atom stereocenters. The molecule has 0 aromatic heterocycles. The SMILES string of the molecule is C1C[N-]C1.CNC([NH-])=O.[Y]. The van der Waals surface area contributed by atoms with Crippen LogP contribution >= 0.6 is 0 Å². The first kappa shape index (κ1) is 13.0. The second-order valence-electron chi connectivity index (χ2n) is 1.60. The van der Waals surface area contributed by atoms with Gasteiger partial charge in [-0.3, -0.25) is 4.79 Å². The molecular formula is C5H11N3OY-2. The van der Waals surface area contributed by atoms with Crippen LogP contribution in [0.15, 0.2) is 0 Å². The van der Waals surface area contributed by atoms with Gasteiger partial charge in [0, 0.05) is 32.7 Å². The van der Waals surface area contributed by atoms with Crippen molar-refractivity contribution in [3.05, 3.63) is 11.1 Å². The van der Waals surface area contributed by atoms with Crippen LogP contribution in [0.25, 0.3) is 11.1 Å². The molecule has 0 spiro atoms. The van der Waals surface area contributed by atoms with E-state index >= 15 is 0 Å². The Bertz CT molecular complexity index is 81.0. The van der Waals surface area contributed by atoms with Crippen LogP contribution in [0.4, 0.5) is 4.79 Å². The molecule has 1 radical (unpaired) electrons. The van der Waals surface area contributed by atoms with Crippen molar-refractivity contribution in [3.63, 3.8) is 0 Å². The van der Waals surface area contributed by atoms with Crippen molar-refractivity contribution >= 4 is 6.03 Å². The molecule has 1 fully saturated rings. The van der Waals surface area contributed by atoms with Crippen molar-refractivity contribution in [3.8, 4) is 0 Å². The smallest absolute Gasteiger partial charge is 0.149 e. The van der Waals surface area contributed by atoms with Gasteiger partial charge in [0.1, 0.15) is 6.03 Å². The van der Waals surface area contributed by atoms with Crippen molar-refractivity contribution in [1.29, 1.82) is 0 Å². The fourth-order valence-electron chi connectivity index (χ4n) is 0.158. The Kier molecular flexibility index (Phi) is 12.1. The van der Waals surface area contributed by atoms with E-state index < -0.39 is 6.03 Å². The molecule has 2 N–H and O–H groups in total. The summed E-state index contributed by atoms with van der Waals surface area (Å²) in [5.74, 6) is 0. The molecule has 0 bridgehead atoms.